The normalized spacial score (nSPS) is 11.2. The van der Waals surface area contributed by atoms with Crippen LogP contribution in [0, 0.1) is 18.3 Å². The van der Waals surface area contributed by atoms with Gasteiger partial charge in [0.15, 0.2) is 0 Å². The van der Waals surface area contributed by atoms with Gasteiger partial charge in [-0.1, -0.05) is 59.8 Å². The van der Waals surface area contributed by atoms with Crippen LogP contribution in [0.25, 0.3) is 23.0 Å². The van der Waals surface area contributed by atoms with Crippen molar-refractivity contribution in [2.75, 3.05) is 0 Å². The minimum absolute atomic E-state index is 0.226. The van der Waals surface area contributed by atoms with Crippen LogP contribution in [0.4, 0.5) is 0 Å². The number of aromatic nitrogens is 2. The van der Waals surface area contributed by atoms with Crippen molar-refractivity contribution in [1.82, 2.24) is 10.1 Å². The second-order valence-corrected chi connectivity index (χ2v) is 4.82. The van der Waals surface area contributed by atoms with Crippen molar-refractivity contribution in [2.45, 2.75) is 6.92 Å². The molecule has 0 atom stereocenters. The lowest BCUT2D eigenvalue weighted by Crippen LogP contribution is -1.86. The van der Waals surface area contributed by atoms with Crippen LogP contribution in [0.3, 0.4) is 0 Å². The number of benzene rings is 2. The van der Waals surface area contributed by atoms with Gasteiger partial charge in [-0.2, -0.15) is 10.2 Å². The summed E-state index contributed by atoms with van der Waals surface area (Å²) < 4.78 is 5.25. The molecule has 0 saturated carbocycles. The summed E-state index contributed by atoms with van der Waals surface area (Å²) in [5, 5.41) is 13.3. The van der Waals surface area contributed by atoms with Gasteiger partial charge in [0.25, 0.3) is 5.89 Å². The number of nitrogens with zero attached hydrogens (tertiary/aromatic N) is 3. The molecule has 0 radical (unpaired) electrons. The van der Waals surface area contributed by atoms with Gasteiger partial charge in [0, 0.05) is 5.56 Å². The predicted molar refractivity (Wildman–Crippen MR) is 84.4 cm³/mol. The molecule has 0 N–H and O–H groups in total. The molecule has 106 valence electrons. The monoisotopic (exact) mass is 287 g/mol. The third-order valence-electron chi connectivity index (χ3n) is 3.27. The standard InChI is InChI=1S/C18H13N3O/c1-13-7-5-6-10-16(13)17-20-18(22-21-17)15(12-19)11-14-8-3-2-4-9-14/h2-11H,1H3/b15-11-. The van der Waals surface area contributed by atoms with Gasteiger partial charge in [0.05, 0.1) is 0 Å². The van der Waals surface area contributed by atoms with E-state index in [2.05, 4.69) is 16.2 Å². The largest absolute Gasteiger partial charge is 0.333 e. The molecule has 0 fully saturated rings. The summed E-state index contributed by atoms with van der Waals surface area (Å²) in [6.07, 6.45) is 1.73. The summed E-state index contributed by atoms with van der Waals surface area (Å²) in [6.45, 7) is 1.98. The Morgan fingerprint density at radius 1 is 1.09 bits per heavy atom. The number of allylic oxidation sites excluding steroid dienone is 1. The first-order chi connectivity index (χ1) is 10.8. The van der Waals surface area contributed by atoms with E-state index < -0.39 is 0 Å². The van der Waals surface area contributed by atoms with Gasteiger partial charge in [-0.05, 0) is 24.1 Å². The van der Waals surface area contributed by atoms with Crippen LogP contribution in [0.2, 0.25) is 0 Å². The lowest BCUT2D eigenvalue weighted by molar-refractivity contribution is 0.409. The second kappa shape index (κ2) is 6.06. The van der Waals surface area contributed by atoms with Gasteiger partial charge < -0.3 is 4.52 Å². The Labute approximate surface area is 128 Å². The predicted octanol–water partition coefficient (Wildman–Crippen LogP) is 4.11. The Balaban J connectivity index is 1.98. The van der Waals surface area contributed by atoms with Crippen molar-refractivity contribution in [2.24, 2.45) is 0 Å². The Morgan fingerprint density at radius 3 is 2.55 bits per heavy atom. The smallest absolute Gasteiger partial charge is 0.268 e. The highest BCUT2D eigenvalue weighted by Crippen LogP contribution is 2.23. The number of hydrogen-bond acceptors (Lipinski definition) is 4. The molecule has 0 spiro atoms. The van der Waals surface area contributed by atoms with Crippen molar-refractivity contribution >= 4 is 11.6 Å². The number of hydrogen-bond donors (Lipinski definition) is 0. The first kappa shape index (κ1) is 13.8. The van der Waals surface area contributed by atoms with Gasteiger partial charge in [-0.25, -0.2) is 0 Å². The fraction of sp³-hybridized carbons (Fsp3) is 0.0556. The molecular weight excluding hydrogens is 274 g/mol. The maximum atomic E-state index is 9.33. The van der Waals surface area contributed by atoms with Crippen LogP contribution in [0.1, 0.15) is 17.0 Å². The zero-order valence-electron chi connectivity index (χ0n) is 12.0. The van der Waals surface area contributed by atoms with Crippen molar-refractivity contribution in [3.05, 3.63) is 71.6 Å². The van der Waals surface area contributed by atoms with E-state index in [9.17, 15) is 5.26 Å². The van der Waals surface area contributed by atoms with E-state index in [1.165, 1.54) is 0 Å². The quantitative estimate of drug-likeness (QED) is 0.680. The van der Waals surface area contributed by atoms with Crippen LogP contribution < -0.4 is 0 Å². The van der Waals surface area contributed by atoms with Crippen LogP contribution in [0.5, 0.6) is 0 Å². The molecule has 1 heterocycles. The fourth-order valence-electron chi connectivity index (χ4n) is 2.12. The SMILES string of the molecule is Cc1ccccc1-c1noc(/C(C#N)=C\c2ccccc2)n1. The summed E-state index contributed by atoms with van der Waals surface area (Å²) in [4.78, 5) is 4.34. The third kappa shape index (κ3) is 2.79. The molecule has 0 aliphatic heterocycles. The van der Waals surface area contributed by atoms with Crippen LogP contribution in [-0.4, -0.2) is 10.1 Å². The molecule has 22 heavy (non-hydrogen) atoms. The zero-order valence-corrected chi connectivity index (χ0v) is 12.0. The summed E-state index contributed by atoms with van der Waals surface area (Å²) >= 11 is 0. The first-order valence-corrected chi connectivity index (χ1v) is 6.85. The Bertz CT molecular complexity index is 857. The van der Waals surface area contributed by atoms with E-state index in [4.69, 9.17) is 4.52 Å². The molecular formula is C18H13N3O. The van der Waals surface area contributed by atoms with Gasteiger partial charge in [-0.3, -0.25) is 0 Å². The Kier molecular flexibility index (Phi) is 3.80. The average molecular weight is 287 g/mol. The van der Waals surface area contributed by atoms with E-state index in [1.807, 2.05) is 61.5 Å². The minimum atomic E-state index is 0.226. The minimum Gasteiger partial charge on any atom is -0.333 e. The number of rotatable bonds is 3. The Hall–Kier alpha value is -3.19. The number of aryl methyl sites for hydroxylation is 1. The maximum absolute atomic E-state index is 9.33. The lowest BCUT2D eigenvalue weighted by Gasteiger charge is -1.98. The molecule has 0 aliphatic carbocycles. The number of nitriles is 1. The topological polar surface area (TPSA) is 62.7 Å². The van der Waals surface area contributed by atoms with Gasteiger partial charge in [0.2, 0.25) is 5.82 Å². The first-order valence-electron chi connectivity index (χ1n) is 6.85. The van der Waals surface area contributed by atoms with E-state index in [0.717, 1.165) is 16.7 Å². The average Bonchev–Trinajstić information content (AvgIpc) is 3.03. The highest BCUT2D eigenvalue weighted by molar-refractivity contribution is 5.86. The van der Waals surface area contributed by atoms with Gasteiger partial charge in [-0.15, -0.1) is 0 Å². The summed E-state index contributed by atoms with van der Waals surface area (Å²) in [5.74, 6) is 0.715. The van der Waals surface area contributed by atoms with Crippen molar-refractivity contribution in [3.63, 3.8) is 0 Å². The van der Waals surface area contributed by atoms with Crippen molar-refractivity contribution in [1.29, 1.82) is 5.26 Å². The zero-order chi connectivity index (χ0) is 15.4. The summed E-state index contributed by atoms with van der Waals surface area (Å²) in [7, 11) is 0. The molecule has 3 rings (SSSR count). The molecule has 0 bridgehead atoms. The van der Waals surface area contributed by atoms with Crippen molar-refractivity contribution < 1.29 is 4.52 Å². The highest BCUT2D eigenvalue weighted by Gasteiger charge is 2.13. The molecule has 0 aliphatic rings. The second-order valence-electron chi connectivity index (χ2n) is 4.82. The molecule has 1 aromatic heterocycles. The van der Waals surface area contributed by atoms with E-state index in [0.29, 0.717) is 11.4 Å². The van der Waals surface area contributed by atoms with E-state index in [1.54, 1.807) is 6.08 Å². The molecule has 0 saturated heterocycles. The third-order valence-corrected chi connectivity index (χ3v) is 3.27. The van der Waals surface area contributed by atoms with E-state index >= 15 is 0 Å². The van der Waals surface area contributed by atoms with Gasteiger partial charge >= 0.3 is 0 Å². The summed E-state index contributed by atoms with van der Waals surface area (Å²) in [5.41, 5.74) is 3.21. The molecule has 4 nitrogen and oxygen atoms in total. The fourth-order valence-corrected chi connectivity index (χ4v) is 2.12. The lowest BCUT2D eigenvalue weighted by atomic mass is 10.1. The van der Waals surface area contributed by atoms with Crippen LogP contribution in [-0.2, 0) is 0 Å². The summed E-state index contributed by atoms with van der Waals surface area (Å²) in [6, 6.07) is 19.5. The Morgan fingerprint density at radius 2 is 1.82 bits per heavy atom. The van der Waals surface area contributed by atoms with Crippen LogP contribution in [0.15, 0.2) is 59.1 Å². The van der Waals surface area contributed by atoms with Crippen molar-refractivity contribution in [3.8, 4) is 17.5 Å². The molecule has 0 unspecified atom stereocenters. The van der Waals surface area contributed by atoms with Gasteiger partial charge in [0.1, 0.15) is 11.6 Å². The maximum Gasteiger partial charge on any atom is 0.268 e. The molecule has 0 amide bonds. The van der Waals surface area contributed by atoms with Crippen LogP contribution >= 0.6 is 0 Å². The molecule has 3 aromatic rings. The molecule has 2 aromatic carbocycles. The highest BCUT2D eigenvalue weighted by atomic mass is 16.5. The van der Waals surface area contributed by atoms with E-state index in [-0.39, 0.29) is 5.89 Å². The molecule has 4 heteroatoms.